The second kappa shape index (κ2) is 18.4. The van der Waals surface area contributed by atoms with Gasteiger partial charge in [0.1, 0.15) is 11.3 Å². The molecule has 3 N–H and O–H groups in total. The molecule has 1 aromatic heterocycles. The summed E-state index contributed by atoms with van der Waals surface area (Å²) in [6.07, 6.45) is -9.90. The van der Waals surface area contributed by atoms with Crippen molar-refractivity contribution in [2.24, 2.45) is 0 Å². The lowest BCUT2D eigenvalue weighted by Gasteiger charge is -2.51. The summed E-state index contributed by atoms with van der Waals surface area (Å²) >= 11 is 0. The molecule has 1 amide bonds. The number of pyridine rings is 1. The number of hydrogen-bond donors (Lipinski definition) is 3. The monoisotopic (exact) mass is 736 g/mol. The summed E-state index contributed by atoms with van der Waals surface area (Å²) in [6, 6.07) is 12.3. The van der Waals surface area contributed by atoms with Gasteiger partial charge in [-0.05, 0) is 55.3 Å². The molecule has 0 aliphatic carbocycles. The van der Waals surface area contributed by atoms with E-state index < -0.39 is 36.4 Å². The van der Waals surface area contributed by atoms with E-state index in [1.54, 1.807) is 19.5 Å². The first-order valence-electron chi connectivity index (χ1n) is 14.1. The fourth-order valence-electron chi connectivity index (χ4n) is 4.57. The van der Waals surface area contributed by atoms with E-state index in [2.05, 4.69) is 34.0 Å². The molecule has 2 aliphatic heterocycles. The van der Waals surface area contributed by atoms with Gasteiger partial charge >= 0.3 is 36.4 Å². The van der Waals surface area contributed by atoms with Crippen LogP contribution in [-0.2, 0) is 32.3 Å². The number of hydrogen-bond acceptors (Lipinski definition) is 8. The molecule has 2 aromatic rings. The third-order valence-corrected chi connectivity index (χ3v) is 7.22. The minimum absolute atomic E-state index is 0.284. The van der Waals surface area contributed by atoms with E-state index in [4.69, 9.17) is 34.4 Å². The highest BCUT2D eigenvalue weighted by Crippen LogP contribution is 2.34. The van der Waals surface area contributed by atoms with Gasteiger partial charge in [0.25, 0.3) is 0 Å². The second-order valence-electron chi connectivity index (χ2n) is 10.6. The number of likely N-dealkylation sites (N-methyl/N-ethyl adjacent to an activating group) is 1. The third-order valence-electron chi connectivity index (χ3n) is 7.22. The fraction of sp³-hybridized carbons (Fsp3) is 0.483. The standard InChI is InChI=1S/C23H30N4O2.3C2HF3O2/c1-25-15-16-27(18-20-7-11-24-12-8-20)22(28)23(25)9-13-26(14-10-23)17-19-3-5-21(29-2)6-4-19;3*3-2(4,5)1(6)7/h3-8,11-12H,9-10,13-18H2,1-2H3;3*(H,6,7). The molecule has 3 heterocycles. The number of methoxy groups -OCH3 is 1. The van der Waals surface area contributed by atoms with Crippen molar-refractivity contribution in [3.05, 3.63) is 59.9 Å². The molecule has 1 aromatic carbocycles. The third kappa shape index (κ3) is 14.1. The molecule has 2 saturated heterocycles. The van der Waals surface area contributed by atoms with E-state index in [1.807, 2.05) is 29.2 Å². The number of aliphatic carboxylic acids is 3. The molecule has 0 bridgehead atoms. The number of benzene rings is 1. The van der Waals surface area contributed by atoms with Crippen LogP contribution in [0.25, 0.3) is 0 Å². The molecular weight excluding hydrogens is 703 g/mol. The van der Waals surface area contributed by atoms with E-state index >= 15 is 0 Å². The number of halogens is 9. The second-order valence-corrected chi connectivity index (χ2v) is 10.6. The van der Waals surface area contributed by atoms with Crippen LogP contribution in [0.15, 0.2) is 48.8 Å². The minimum Gasteiger partial charge on any atom is -0.497 e. The summed E-state index contributed by atoms with van der Waals surface area (Å²) in [5, 5.41) is 21.4. The van der Waals surface area contributed by atoms with Gasteiger partial charge in [0, 0.05) is 51.7 Å². The van der Waals surface area contributed by atoms with Crippen LogP contribution < -0.4 is 4.74 Å². The average Bonchev–Trinajstić information content (AvgIpc) is 3.03. The number of alkyl halides is 9. The van der Waals surface area contributed by atoms with E-state index in [-0.39, 0.29) is 11.4 Å². The molecule has 21 heteroatoms. The van der Waals surface area contributed by atoms with Crippen LogP contribution >= 0.6 is 0 Å². The van der Waals surface area contributed by atoms with Crippen LogP contribution in [0.2, 0.25) is 0 Å². The Bertz CT molecular complexity index is 1340. The molecule has 280 valence electrons. The zero-order valence-electron chi connectivity index (χ0n) is 26.3. The van der Waals surface area contributed by atoms with Crippen LogP contribution in [0.1, 0.15) is 24.0 Å². The maximum absolute atomic E-state index is 13.5. The molecule has 12 nitrogen and oxygen atoms in total. The molecule has 0 saturated carbocycles. The van der Waals surface area contributed by atoms with E-state index in [0.717, 1.165) is 56.9 Å². The number of piperazine rings is 1. The number of nitrogens with zero attached hydrogens (tertiary/aromatic N) is 4. The van der Waals surface area contributed by atoms with Crippen LogP contribution in [0.3, 0.4) is 0 Å². The van der Waals surface area contributed by atoms with Crippen LogP contribution in [0, 0.1) is 0 Å². The fourth-order valence-corrected chi connectivity index (χ4v) is 4.57. The Morgan fingerprint density at radius 3 is 1.50 bits per heavy atom. The van der Waals surface area contributed by atoms with E-state index in [1.165, 1.54) is 5.56 Å². The molecule has 50 heavy (non-hydrogen) atoms. The highest BCUT2D eigenvalue weighted by atomic mass is 19.4. The zero-order chi connectivity index (χ0) is 38.5. The Kier molecular flexibility index (Phi) is 15.9. The number of carboxylic acid groups (broad SMARTS) is 3. The predicted molar refractivity (Wildman–Crippen MR) is 154 cm³/mol. The van der Waals surface area contributed by atoms with Crippen molar-refractivity contribution in [3.8, 4) is 5.75 Å². The number of piperidine rings is 1. The molecule has 0 atom stereocenters. The van der Waals surface area contributed by atoms with Crippen LogP contribution in [0.4, 0.5) is 39.5 Å². The minimum atomic E-state index is -5.08. The van der Waals surface area contributed by atoms with Gasteiger partial charge in [0.05, 0.1) is 7.11 Å². The van der Waals surface area contributed by atoms with Crippen LogP contribution in [-0.4, -0.2) is 123 Å². The van der Waals surface area contributed by atoms with Crippen LogP contribution in [0.5, 0.6) is 5.75 Å². The highest BCUT2D eigenvalue weighted by Gasteiger charge is 2.49. The summed E-state index contributed by atoms with van der Waals surface area (Å²) in [5.41, 5.74) is 2.07. The first kappa shape index (κ1) is 43.4. The number of aromatic nitrogens is 1. The topological polar surface area (TPSA) is 161 Å². The maximum atomic E-state index is 13.5. The van der Waals surface area contributed by atoms with Crippen molar-refractivity contribution in [3.63, 3.8) is 0 Å². The lowest BCUT2D eigenvalue weighted by atomic mass is 9.82. The molecule has 0 unspecified atom stereocenters. The van der Waals surface area contributed by atoms with Gasteiger partial charge in [-0.25, -0.2) is 14.4 Å². The zero-order valence-corrected chi connectivity index (χ0v) is 26.3. The largest absolute Gasteiger partial charge is 0.497 e. The predicted octanol–water partition coefficient (Wildman–Crippen LogP) is 4.30. The van der Waals surface area contributed by atoms with Crippen molar-refractivity contribution in [1.82, 2.24) is 19.7 Å². The number of carboxylic acids is 3. The first-order valence-corrected chi connectivity index (χ1v) is 14.1. The molecule has 2 fully saturated rings. The number of carbonyl (C=O) groups is 4. The number of ether oxygens (including phenoxy) is 1. The normalized spacial score (nSPS) is 16.5. The van der Waals surface area contributed by atoms with Crippen molar-refractivity contribution in [2.75, 3.05) is 40.3 Å². The van der Waals surface area contributed by atoms with Gasteiger partial charge < -0.3 is 25.0 Å². The smallest absolute Gasteiger partial charge is 0.490 e. The Balaban J connectivity index is 0.000000486. The summed E-state index contributed by atoms with van der Waals surface area (Å²) in [7, 11) is 3.80. The van der Waals surface area contributed by atoms with E-state index in [9.17, 15) is 44.3 Å². The Morgan fingerprint density at radius 2 is 1.12 bits per heavy atom. The molecule has 0 radical (unpaired) electrons. The SMILES string of the molecule is COc1ccc(CN2CCC3(CC2)C(=O)N(Cc2ccncc2)CCN3C)cc1.O=C(O)C(F)(F)F.O=C(O)C(F)(F)F.O=C(O)C(F)(F)F. The Hall–Kier alpha value is -4.66. The molecular formula is C29H33F9N4O8. The molecule has 1 spiro atoms. The summed E-state index contributed by atoms with van der Waals surface area (Å²) in [6.45, 7) is 5.17. The summed E-state index contributed by atoms with van der Waals surface area (Å²) in [4.78, 5) is 51.0. The summed E-state index contributed by atoms with van der Waals surface area (Å²) < 4.78 is 100. The van der Waals surface area contributed by atoms with Crippen molar-refractivity contribution in [1.29, 1.82) is 0 Å². The number of carbonyl (C=O) groups excluding carboxylic acids is 1. The first-order chi connectivity index (χ1) is 22.9. The molecule has 4 rings (SSSR count). The molecule has 2 aliphatic rings. The van der Waals surface area contributed by atoms with Crippen molar-refractivity contribution < 1.29 is 78.7 Å². The maximum Gasteiger partial charge on any atom is 0.490 e. The van der Waals surface area contributed by atoms with Gasteiger partial charge in [0.2, 0.25) is 5.91 Å². The quantitative estimate of drug-likeness (QED) is 0.376. The summed E-state index contributed by atoms with van der Waals surface area (Å²) in [5.74, 6) is -7.10. The van der Waals surface area contributed by atoms with Gasteiger partial charge in [-0.2, -0.15) is 39.5 Å². The van der Waals surface area contributed by atoms with Crippen molar-refractivity contribution >= 4 is 23.8 Å². The van der Waals surface area contributed by atoms with Gasteiger partial charge in [0.15, 0.2) is 0 Å². The lowest BCUT2D eigenvalue weighted by molar-refractivity contribution is -0.193. The Morgan fingerprint density at radius 1 is 0.720 bits per heavy atom. The highest BCUT2D eigenvalue weighted by molar-refractivity contribution is 5.87. The average molecular weight is 737 g/mol. The van der Waals surface area contributed by atoms with Gasteiger partial charge in [-0.15, -0.1) is 0 Å². The number of rotatable bonds is 5. The van der Waals surface area contributed by atoms with E-state index in [0.29, 0.717) is 6.54 Å². The number of amides is 1. The Labute approximate surface area is 278 Å². The van der Waals surface area contributed by atoms with Crippen molar-refractivity contribution in [2.45, 2.75) is 50.0 Å². The van der Waals surface area contributed by atoms with Gasteiger partial charge in [-0.1, -0.05) is 12.1 Å². The lowest BCUT2D eigenvalue weighted by Crippen LogP contribution is -2.67. The van der Waals surface area contributed by atoms with Gasteiger partial charge in [-0.3, -0.25) is 19.6 Å². The number of likely N-dealkylation sites (tertiary alicyclic amines) is 1.